The minimum Gasteiger partial charge on any atom is -0.368 e. The molecule has 122 valence electrons. The number of aryl methyl sites for hydroxylation is 2. The van der Waals surface area contributed by atoms with Crippen LogP contribution in [0.25, 0.3) is 0 Å². The van der Waals surface area contributed by atoms with Crippen LogP contribution in [0.5, 0.6) is 0 Å². The molecule has 0 spiro atoms. The Kier molecular flexibility index (Phi) is 4.92. The lowest BCUT2D eigenvalue weighted by molar-refractivity contribution is -0.139. The molecule has 1 aliphatic heterocycles. The largest absolute Gasteiger partial charge is 0.368 e. The highest BCUT2D eigenvalue weighted by Gasteiger charge is 2.26. The topological polar surface area (TPSA) is 94.2 Å². The third-order valence-corrected chi connectivity index (χ3v) is 3.71. The first-order chi connectivity index (χ1) is 11.3. The lowest BCUT2D eigenvalue weighted by Crippen LogP contribution is -2.42. The van der Waals surface area contributed by atoms with E-state index in [1.54, 1.807) is 23.5 Å². The maximum atomic E-state index is 12.4. The van der Waals surface area contributed by atoms with E-state index in [2.05, 4.69) is 20.1 Å². The molecule has 0 aromatic carbocycles. The van der Waals surface area contributed by atoms with Crippen molar-refractivity contribution in [3.05, 3.63) is 36.0 Å². The molecule has 3 heterocycles. The minimum absolute atomic E-state index is 0.0541. The van der Waals surface area contributed by atoms with Gasteiger partial charge in [-0.15, -0.1) is 0 Å². The molecule has 0 radical (unpaired) electrons. The van der Waals surface area contributed by atoms with Crippen molar-refractivity contribution >= 4 is 5.91 Å². The molecule has 0 N–H and O–H groups in total. The fraction of sp³-hybridized carbons (Fsp3) is 0.533. The van der Waals surface area contributed by atoms with Crippen LogP contribution >= 0.6 is 0 Å². The number of carbonyl (C=O) groups excluding carboxylic acids is 1. The summed E-state index contributed by atoms with van der Waals surface area (Å²) in [5.41, 5.74) is 0.745. The normalized spacial score (nSPS) is 18.1. The molecule has 1 amide bonds. The summed E-state index contributed by atoms with van der Waals surface area (Å²) >= 11 is 0. The molecule has 2 aromatic rings. The Balaban J connectivity index is 1.54. The van der Waals surface area contributed by atoms with Gasteiger partial charge in [-0.3, -0.25) is 14.8 Å². The minimum atomic E-state index is -0.225. The van der Waals surface area contributed by atoms with Crippen molar-refractivity contribution in [1.82, 2.24) is 25.0 Å². The quantitative estimate of drug-likeness (QED) is 0.810. The summed E-state index contributed by atoms with van der Waals surface area (Å²) in [5, 5.41) is 3.83. The average molecular weight is 317 g/mol. The highest BCUT2D eigenvalue weighted by atomic mass is 16.5. The van der Waals surface area contributed by atoms with Crippen LogP contribution < -0.4 is 0 Å². The summed E-state index contributed by atoms with van der Waals surface area (Å²) in [4.78, 5) is 26.7. The van der Waals surface area contributed by atoms with Crippen molar-refractivity contribution in [2.75, 3.05) is 19.7 Å². The Morgan fingerprint density at radius 3 is 3.09 bits per heavy atom. The Hall–Kier alpha value is -2.35. The van der Waals surface area contributed by atoms with Crippen molar-refractivity contribution in [2.24, 2.45) is 0 Å². The van der Waals surface area contributed by atoms with E-state index < -0.39 is 0 Å². The van der Waals surface area contributed by atoms with E-state index in [-0.39, 0.29) is 12.0 Å². The smallest absolute Gasteiger partial charge is 0.227 e. The van der Waals surface area contributed by atoms with E-state index >= 15 is 0 Å². The Morgan fingerprint density at radius 2 is 2.35 bits per heavy atom. The van der Waals surface area contributed by atoms with Gasteiger partial charge in [0.25, 0.3) is 0 Å². The second kappa shape index (κ2) is 7.28. The van der Waals surface area contributed by atoms with Crippen LogP contribution in [0.3, 0.4) is 0 Å². The molecular weight excluding hydrogens is 298 g/mol. The van der Waals surface area contributed by atoms with Crippen molar-refractivity contribution < 1.29 is 14.1 Å². The van der Waals surface area contributed by atoms with Gasteiger partial charge in [-0.25, -0.2) is 0 Å². The van der Waals surface area contributed by atoms with E-state index in [0.717, 1.165) is 12.1 Å². The highest BCUT2D eigenvalue weighted by Crippen LogP contribution is 2.20. The molecule has 1 saturated heterocycles. The summed E-state index contributed by atoms with van der Waals surface area (Å²) in [5.74, 6) is 1.23. The van der Waals surface area contributed by atoms with Crippen LogP contribution in [0, 0.1) is 0 Å². The first-order valence-electron chi connectivity index (χ1n) is 7.73. The Bertz CT molecular complexity index is 646. The first kappa shape index (κ1) is 15.5. The fourth-order valence-electron chi connectivity index (χ4n) is 2.44. The zero-order chi connectivity index (χ0) is 16.1. The highest BCUT2D eigenvalue weighted by molar-refractivity contribution is 5.76. The van der Waals surface area contributed by atoms with Gasteiger partial charge in [0.15, 0.2) is 5.82 Å². The number of aromatic nitrogens is 4. The molecule has 23 heavy (non-hydrogen) atoms. The van der Waals surface area contributed by atoms with Crippen LogP contribution in [0.2, 0.25) is 0 Å². The maximum Gasteiger partial charge on any atom is 0.227 e. The van der Waals surface area contributed by atoms with Crippen LogP contribution in [-0.4, -0.2) is 50.6 Å². The zero-order valence-corrected chi connectivity index (χ0v) is 13.0. The van der Waals surface area contributed by atoms with Gasteiger partial charge in [0.1, 0.15) is 6.10 Å². The van der Waals surface area contributed by atoms with Crippen LogP contribution in [0.1, 0.15) is 36.9 Å². The second-order valence-electron chi connectivity index (χ2n) is 5.29. The number of rotatable bonds is 5. The van der Waals surface area contributed by atoms with E-state index in [0.29, 0.717) is 44.3 Å². The fourth-order valence-corrected chi connectivity index (χ4v) is 2.44. The van der Waals surface area contributed by atoms with E-state index in [4.69, 9.17) is 9.26 Å². The number of ether oxygens (including phenoxy) is 1. The van der Waals surface area contributed by atoms with Crippen molar-refractivity contribution in [2.45, 2.75) is 32.3 Å². The number of amides is 1. The maximum absolute atomic E-state index is 12.4. The second-order valence-corrected chi connectivity index (χ2v) is 5.29. The van der Waals surface area contributed by atoms with Crippen LogP contribution in [-0.2, 0) is 22.4 Å². The van der Waals surface area contributed by atoms with Crippen molar-refractivity contribution in [1.29, 1.82) is 0 Å². The molecule has 1 atom stereocenters. The van der Waals surface area contributed by atoms with Gasteiger partial charge in [-0.1, -0.05) is 12.1 Å². The molecule has 1 aliphatic rings. The summed E-state index contributed by atoms with van der Waals surface area (Å²) in [6.45, 7) is 3.52. The molecule has 0 saturated carbocycles. The number of carbonyl (C=O) groups is 1. The SMILES string of the molecule is CCc1noc(CCC(=O)N2CCOC(c3cnccn3)C2)n1. The van der Waals surface area contributed by atoms with E-state index in [1.807, 2.05) is 6.92 Å². The first-order valence-corrected chi connectivity index (χ1v) is 7.73. The van der Waals surface area contributed by atoms with Crippen LogP contribution in [0.4, 0.5) is 0 Å². The molecule has 8 heteroatoms. The van der Waals surface area contributed by atoms with Gasteiger partial charge in [-0.2, -0.15) is 4.98 Å². The van der Waals surface area contributed by atoms with Gasteiger partial charge in [0.05, 0.1) is 25.0 Å². The third-order valence-electron chi connectivity index (χ3n) is 3.71. The van der Waals surface area contributed by atoms with Gasteiger partial charge < -0.3 is 14.2 Å². The van der Waals surface area contributed by atoms with E-state index in [1.165, 1.54) is 0 Å². The standard InChI is InChI=1S/C15H19N5O3/c1-2-13-18-14(23-19-13)3-4-15(21)20-7-8-22-12(10-20)11-9-16-5-6-17-11/h5-6,9,12H,2-4,7-8,10H2,1H3. The molecule has 0 aliphatic carbocycles. The lowest BCUT2D eigenvalue weighted by atomic mass is 10.2. The number of hydrogen-bond donors (Lipinski definition) is 0. The third kappa shape index (κ3) is 3.89. The number of morpholine rings is 1. The summed E-state index contributed by atoms with van der Waals surface area (Å²) in [6.07, 6.45) is 6.21. The number of nitrogens with zero attached hydrogens (tertiary/aromatic N) is 5. The summed E-state index contributed by atoms with van der Waals surface area (Å²) in [6, 6.07) is 0. The Morgan fingerprint density at radius 1 is 1.43 bits per heavy atom. The van der Waals surface area contributed by atoms with Crippen molar-refractivity contribution in [3.63, 3.8) is 0 Å². The molecule has 1 fully saturated rings. The summed E-state index contributed by atoms with van der Waals surface area (Å²) < 4.78 is 10.8. The predicted molar refractivity (Wildman–Crippen MR) is 79.3 cm³/mol. The number of hydrogen-bond acceptors (Lipinski definition) is 7. The molecule has 2 aromatic heterocycles. The average Bonchev–Trinajstić information content (AvgIpc) is 3.09. The molecule has 0 bridgehead atoms. The van der Waals surface area contributed by atoms with Gasteiger partial charge in [0.2, 0.25) is 11.8 Å². The monoisotopic (exact) mass is 317 g/mol. The molecule has 3 rings (SSSR count). The van der Waals surface area contributed by atoms with Gasteiger partial charge >= 0.3 is 0 Å². The zero-order valence-electron chi connectivity index (χ0n) is 13.0. The molecular formula is C15H19N5O3. The van der Waals surface area contributed by atoms with Crippen molar-refractivity contribution in [3.8, 4) is 0 Å². The predicted octanol–water partition coefficient (Wildman–Crippen LogP) is 0.955. The molecule has 8 nitrogen and oxygen atoms in total. The summed E-state index contributed by atoms with van der Waals surface area (Å²) in [7, 11) is 0. The molecule has 1 unspecified atom stereocenters. The van der Waals surface area contributed by atoms with Crippen LogP contribution in [0.15, 0.2) is 23.1 Å². The van der Waals surface area contributed by atoms with Gasteiger partial charge in [0, 0.05) is 38.2 Å². The van der Waals surface area contributed by atoms with Gasteiger partial charge in [-0.05, 0) is 0 Å². The van der Waals surface area contributed by atoms with E-state index in [9.17, 15) is 4.79 Å². The lowest BCUT2D eigenvalue weighted by Gasteiger charge is -2.32. The Labute approximate surface area is 133 Å².